The molecule has 18 heavy (non-hydrogen) atoms. The quantitative estimate of drug-likeness (QED) is 0.850. The molecular weight excluding hydrogens is 275 g/mol. The second kappa shape index (κ2) is 5.37. The maximum Gasteiger partial charge on any atom is 0.253 e. The standard InChI is InChI=1S/C11H10Cl2N4O/c1-6-7(4-16-17-6)3-15-11(18)8-2-10(13)14-5-9(8)12/h2,4-5H,3H2,1H3,(H,15,18)(H,16,17). The summed E-state index contributed by atoms with van der Waals surface area (Å²) in [7, 11) is 0. The van der Waals surface area contributed by atoms with Crippen LogP contribution in [0.1, 0.15) is 21.6 Å². The number of hydrogen-bond donors (Lipinski definition) is 2. The lowest BCUT2D eigenvalue weighted by molar-refractivity contribution is 0.0951. The number of pyridine rings is 1. The first kappa shape index (κ1) is 12.9. The molecule has 2 heterocycles. The van der Waals surface area contributed by atoms with Crippen molar-refractivity contribution >= 4 is 29.1 Å². The number of hydrogen-bond acceptors (Lipinski definition) is 3. The molecule has 0 unspecified atom stereocenters. The molecule has 0 saturated heterocycles. The lowest BCUT2D eigenvalue weighted by Crippen LogP contribution is -2.23. The lowest BCUT2D eigenvalue weighted by Gasteiger charge is -2.06. The van der Waals surface area contributed by atoms with E-state index in [1.807, 2.05) is 6.92 Å². The number of halogens is 2. The molecule has 2 aromatic rings. The number of nitrogens with zero attached hydrogens (tertiary/aromatic N) is 2. The zero-order valence-corrected chi connectivity index (χ0v) is 11.0. The minimum absolute atomic E-state index is 0.226. The molecule has 0 aliphatic rings. The van der Waals surface area contributed by atoms with Crippen LogP contribution in [0.25, 0.3) is 0 Å². The minimum Gasteiger partial charge on any atom is -0.348 e. The van der Waals surface area contributed by atoms with Gasteiger partial charge in [0.1, 0.15) is 5.15 Å². The summed E-state index contributed by atoms with van der Waals surface area (Å²) in [6.45, 7) is 2.25. The average molecular weight is 285 g/mol. The van der Waals surface area contributed by atoms with E-state index in [-0.39, 0.29) is 16.1 Å². The van der Waals surface area contributed by atoms with Crippen LogP contribution in [0.2, 0.25) is 10.2 Å². The van der Waals surface area contributed by atoms with E-state index in [4.69, 9.17) is 23.2 Å². The Hall–Kier alpha value is -1.59. The van der Waals surface area contributed by atoms with Gasteiger partial charge in [0.25, 0.3) is 5.91 Å². The molecule has 2 rings (SSSR count). The largest absolute Gasteiger partial charge is 0.348 e. The maximum atomic E-state index is 11.9. The third kappa shape index (κ3) is 2.80. The van der Waals surface area contributed by atoms with Crippen molar-refractivity contribution in [3.63, 3.8) is 0 Å². The van der Waals surface area contributed by atoms with Crippen LogP contribution in [0.5, 0.6) is 0 Å². The molecule has 0 aliphatic heterocycles. The second-order valence-corrected chi connectivity index (χ2v) is 4.48. The first-order valence-electron chi connectivity index (χ1n) is 5.16. The third-order valence-electron chi connectivity index (χ3n) is 2.44. The molecule has 0 fully saturated rings. The Labute approximate surface area is 114 Å². The summed E-state index contributed by atoms with van der Waals surface area (Å²) in [6, 6.07) is 1.43. The first-order chi connectivity index (χ1) is 8.58. The molecule has 0 aromatic carbocycles. The molecule has 1 amide bonds. The summed E-state index contributed by atoms with van der Waals surface area (Å²) in [6.07, 6.45) is 3.01. The van der Waals surface area contributed by atoms with Gasteiger partial charge in [0.2, 0.25) is 0 Å². The molecule has 2 aromatic heterocycles. The molecule has 5 nitrogen and oxygen atoms in total. The highest BCUT2D eigenvalue weighted by molar-refractivity contribution is 6.35. The molecular formula is C11H10Cl2N4O. The monoisotopic (exact) mass is 284 g/mol. The molecule has 0 radical (unpaired) electrons. The number of aromatic amines is 1. The molecule has 0 spiro atoms. The van der Waals surface area contributed by atoms with Crippen LogP contribution in [0.3, 0.4) is 0 Å². The van der Waals surface area contributed by atoms with Gasteiger partial charge in [-0.25, -0.2) is 4.98 Å². The average Bonchev–Trinajstić information content (AvgIpc) is 2.75. The molecule has 0 aliphatic carbocycles. The summed E-state index contributed by atoms with van der Waals surface area (Å²) in [5.41, 5.74) is 2.13. The molecule has 0 bridgehead atoms. The van der Waals surface area contributed by atoms with Crippen LogP contribution in [-0.4, -0.2) is 21.1 Å². The van der Waals surface area contributed by atoms with E-state index in [2.05, 4.69) is 20.5 Å². The van der Waals surface area contributed by atoms with Crippen LogP contribution < -0.4 is 5.32 Å². The van der Waals surface area contributed by atoms with Crippen molar-refractivity contribution in [2.75, 3.05) is 0 Å². The minimum atomic E-state index is -0.301. The fraction of sp³-hybridized carbons (Fsp3) is 0.182. The highest BCUT2D eigenvalue weighted by Crippen LogP contribution is 2.18. The van der Waals surface area contributed by atoms with Gasteiger partial charge in [0.15, 0.2) is 0 Å². The first-order valence-corrected chi connectivity index (χ1v) is 5.91. The van der Waals surface area contributed by atoms with Crippen molar-refractivity contribution in [1.29, 1.82) is 0 Å². The number of rotatable bonds is 3. The molecule has 0 atom stereocenters. The Morgan fingerprint density at radius 3 is 2.89 bits per heavy atom. The normalized spacial score (nSPS) is 10.4. The van der Waals surface area contributed by atoms with Crippen LogP contribution in [0, 0.1) is 6.92 Å². The van der Waals surface area contributed by atoms with Crippen molar-refractivity contribution in [3.8, 4) is 0 Å². The van der Waals surface area contributed by atoms with E-state index >= 15 is 0 Å². The number of aryl methyl sites for hydroxylation is 1. The Morgan fingerprint density at radius 1 is 1.44 bits per heavy atom. The van der Waals surface area contributed by atoms with Gasteiger partial charge in [0, 0.05) is 24.0 Å². The number of nitrogens with one attached hydrogen (secondary N) is 2. The lowest BCUT2D eigenvalue weighted by atomic mass is 10.2. The van der Waals surface area contributed by atoms with E-state index in [0.717, 1.165) is 11.3 Å². The summed E-state index contributed by atoms with van der Waals surface area (Å²) < 4.78 is 0. The van der Waals surface area contributed by atoms with E-state index in [1.54, 1.807) is 6.20 Å². The van der Waals surface area contributed by atoms with Crippen molar-refractivity contribution in [2.45, 2.75) is 13.5 Å². The van der Waals surface area contributed by atoms with E-state index < -0.39 is 0 Å². The van der Waals surface area contributed by atoms with Crippen molar-refractivity contribution < 1.29 is 4.79 Å². The van der Waals surface area contributed by atoms with Gasteiger partial charge in [-0.1, -0.05) is 23.2 Å². The predicted molar refractivity (Wildman–Crippen MR) is 68.8 cm³/mol. The van der Waals surface area contributed by atoms with Gasteiger partial charge < -0.3 is 5.32 Å². The van der Waals surface area contributed by atoms with E-state index in [0.29, 0.717) is 12.1 Å². The number of amides is 1. The van der Waals surface area contributed by atoms with Gasteiger partial charge >= 0.3 is 0 Å². The molecule has 7 heteroatoms. The number of carbonyl (C=O) groups excluding carboxylic acids is 1. The summed E-state index contributed by atoms with van der Waals surface area (Å²) in [5, 5.41) is 9.90. The topological polar surface area (TPSA) is 70.7 Å². The predicted octanol–water partition coefficient (Wildman–Crippen LogP) is 2.35. The van der Waals surface area contributed by atoms with Crippen LogP contribution >= 0.6 is 23.2 Å². The van der Waals surface area contributed by atoms with Gasteiger partial charge in [-0.05, 0) is 13.0 Å². The van der Waals surface area contributed by atoms with Gasteiger partial charge in [-0.2, -0.15) is 5.10 Å². The zero-order valence-electron chi connectivity index (χ0n) is 9.50. The molecule has 0 saturated carbocycles. The van der Waals surface area contributed by atoms with Crippen molar-refractivity contribution in [3.05, 3.63) is 45.5 Å². The molecule has 94 valence electrons. The van der Waals surface area contributed by atoms with E-state index in [9.17, 15) is 4.79 Å². The highest BCUT2D eigenvalue weighted by Gasteiger charge is 2.12. The number of aromatic nitrogens is 3. The second-order valence-electron chi connectivity index (χ2n) is 3.69. The van der Waals surface area contributed by atoms with Crippen LogP contribution in [-0.2, 0) is 6.54 Å². The Balaban J connectivity index is 2.08. The third-order valence-corrected chi connectivity index (χ3v) is 2.95. The van der Waals surface area contributed by atoms with Crippen molar-refractivity contribution in [2.24, 2.45) is 0 Å². The molecule has 2 N–H and O–H groups in total. The summed E-state index contributed by atoms with van der Waals surface area (Å²) >= 11 is 11.6. The fourth-order valence-electron chi connectivity index (χ4n) is 1.41. The summed E-state index contributed by atoms with van der Waals surface area (Å²) in [4.78, 5) is 15.7. The number of H-pyrrole nitrogens is 1. The summed E-state index contributed by atoms with van der Waals surface area (Å²) in [5.74, 6) is -0.301. The smallest absolute Gasteiger partial charge is 0.253 e. The maximum absolute atomic E-state index is 11.9. The van der Waals surface area contributed by atoms with E-state index in [1.165, 1.54) is 12.3 Å². The van der Waals surface area contributed by atoms with Crippen LogP contribution in [0.4, 0.5) is 0 Å². The van der Waals surface area contributed by atoms with Crippen LogP contribution in [0.15, 0.2) is 18.5 Å². The van der Waals surface area contributed by atoms with Gasteiger partial charge in [-0.3, -0.25) is 9.89 Å². The Kier molecular flexibility index (Phi) is 3.84. The van der Waals surface area contributed by atoms with Gasteiger partial charge in [0.05, 0.1) is 16.8 Å². The van der Waals surface area contributed by atoms with Crippen molar-refractivity contribution in [1.82, 2.24) is 20.5 Å². The number of carbonyl (C=O) groups is 1. The highest BCUT2D eigenvalue weighted by atomic mass is 35.5. The van der Waals surface area contributed by atoms with Gasteiger partial charge in [-0.15, -0.1) is 0 Å². The fourth-order valence-corrected chi connectivity index (χ4v) is 1.76. The Bertz CT molecular complexity index is 582. The zero-order chi connectivity index (χ0) is 13.1. The Morgan fingerprint density at radius 2 is 2.22 bits per heavy atom. The SMILES string of the molecule is Cc1[nH]ncc1CNC(=O)c1cc(Cl)ncc1Cl.